The molecule has 2 atom stereocenters. The zero-order valence-corrected chi connectivity index (χ0v) is 14.8. The lowest BCUT2D eigenvalue weighted by atomic mass is 9.89. The molecule has 24 heavy (non-hydrogen) atoms. The summed E-state index contributed by atoms with van der Waals surface area (Å²) in [5.41, 5.74) is 3.21. The zero-order valence-electron chi connectivity index (χ0n) is 14.0. The van der Waals surface area contributed by atoms with Crippen molar-refractivity contribution in [1.29, 1.82) is 0 Å². The summed E-state index contributed by atoms with van der Waals surface area (Å²) in [6, 6.07) is 14.9. The maximum Gasteiger partial charge on any atom is 0.264 e. The Hall–Kier alpha value is -1.85. The Morgan fingerprint density at radius 3 is 2.58 bits per heavy atom. The molecule has 4 nitrogen and oxygen atoms in total. The summed E-state index contributed by atoms with van der Waals surface area (Å²) < 4.78 is 28.4. The Morgan fingerprint density at radius 2 is 1.83 bits per heavy atom. The number of anilines is 1. The minimum atomic E-state index is -3.54. The van der Waals surface area contributed by atoms with Crippen LogP contribution in [0.25, 0.3) is 0 Å². The second-order valence-corrected chi connectivity index (χ2v) is 8.72. The third-order valence-corrected chi connectivity index (χ3v) is 7.05. The molecule has 2 aliphatic heterocycles. The van der Waals surface area contributed by atoms with Crippen molar-refractivity contribution in [3.05, 3.63) is 59.7 Å². The fourth-order valence-electron chi connectivity index (χ4n) is 4.05. The molecule has 1 saturated heterocycles. The molecular weight excluding hydrogens is 320 g/mol. The molecule has 0 aliphatic carbocycles. The highest BCUT2D eigenvalue weighted by Crippen LogP contribution is 2.47. The van der Waals surface area contributed by atoms with Gasteiger partial charge in [0.25, 0.3) is 10.0 Å². The molecule has 5 heteroatoms. The number of likely N-dealkylation sites (N-methyl/N-ethyl adjacent to an activating group) is 1. The fourth-order valence-corrected chi connectivity index (χ4v) is 5.82. The topological polar surface area (TPSA) is 40.6 Å². The van der Waals surface area contributed by atoms with Crippen molar-refractivity contribution in [2.75, 3.05) is 24.4 Å². The van der Waals surface area contributed by atoms with E-state index in [1.807, 2.05) is 18.2 Å². The quantitative estimate of drug-likeness (QED) is 0.842. The van der Waals surface area contributed by atoms with Gasteiger partial charge in [-0.15, -0.1) is 0 Å². The first-order valence-electron chi connectivity index (χ1n) is 8.37. The number of benzene rings is 2. The van der Waals surface area contributed by atoms with Crippen LogP contribution in [-0.4, -0.2) is 39.5 Å². The molecule has 2 aromatic carbocycles. The molecule has 0 saturated carbocycles. The van der Waals surface area contributed by atoms with Crippen LogP contribution >= 0.6 is 0 Å². The smallest absolute Gasteiger partial charge is 0.264 e. The van der Waals surface area contributed by atoms with E-state index < -0.39 is 10.0 Å². The van der Waals surface area contributed by atoms with Gasteiger partial charge >= 0.3 is 0 Å². The largest absolute Gasteiger partial charge is 0.306 e. The third-order valence-electron chi connectivity index (χ3n) is 5.20. The third kappa shape index (κ3) is 2.34. The number of nitrogens with zero attached hydrogens (tertiary/aromatic N) is 2. The Labute approximate surface area is 143 Å². The van der Waals surface area contributed by atoms with Crippen molar-refractivity contribution in [1.82, 2.24) is 4.90 Å². The number of hydrogen-bond acceptors (Lipinski definition) is 3. The lowest BCUT2D eigenvalue weighted by Gasteiger charge is -2.36. The molecule has 126 valence electrons. The van der Waals surface area contributed by atoms with Crippen molar-refractivity contribution in [3.8, 4) is 0 Å². The van der Waals surface area contributed by atoms with Gasteiger partial charge in [-0.25, -0.2) is 8.42 Å². The molecule has 2 heterocycles. The molecule has 1 fully saturated rings. The van der Waals surface area contributed by atoms with Crippen molar-refractivity contribution in [2.45, 2.75) is 30.2 Å². The monoisotopic (exact) mass is 342 g/mol. The van der Waals surface area contributed by atoms with Crippen molar-refractivity contribution >= 4 is 15.7 Å². The highest BCUT2D eigenvalue weighted by atomic mass is 32.2. The SMILES string of the molecule is Cc1ccc2c(c1)[C@H]1CN(C)CC[C@@H]1N2S(=O)(=O)c1ccccc1. The van der Waals surface area contributed by atoms with Crippen molar-refractivity contribution < 1.29 is 8.42 Å². The van der Waals surface area contributed by atoms with Gasteiger partial charge in [0.15, 0.2) is 0 Å². The fraction of sp³-hybridized carbons (Fsp3) is 0.368. The van der Waals surface area contributed by atoms with Crippen LogP contribution in [0.1, 0.15) is 23.5 Å². The van der Waals surface area contributed by atoms with E-state index in [0.717, 1.165) is 25.2 Å². The summed E-state index contributed by atoms with van der Waals surface area (Å²) in [5, 5.41) is 0. The van der Waals surface area contributed by atoms with Gasteiger partial charge in [0.1, 0.15) is 0 Å². The Kier molecular flexibility index (Phi) is 3.66. The van der Waals surface area contributed by atoms with Crippen LogP contribution in [-0.2, 0) is 10.0 Å². The van der Waals surface area contributed by atoms with Crippen molar-refractivity contribution in [3.63, 3.8) is 0 Å². The molecule has 0 aromatic heterocycles. The number of hydrogen-bond donors (Lipinski definition) is 0. The maximum absolute atomic E-state index is 13.3. The highest BCUT2D eigenvalue weighted by molar-refractivity contribution is 7.92. The van der Waals surface area contributed by atoms with E-state index in [1.54, 1.807) is 28.6 Å². The lowest BCUT2D eigenvalue weighted by Crippen LogP contribution is -2.47. The van der Waals surface area contributed by atoms with Gasteiger partial charge in [0, 0.05) is 12.5 Å². The maximum atomic E-state index is 13.3. The van der Waals surface area contributed by atoms with E-state index in [-0.39, 0.29) is 12.0 Å². The van der Waals surface area contributed by atoms with E-state index in [1.165, 1.54) is 11.1 Å². The number of likely N-dealkylation sites (tertiary alicyclic amines) is 1. The molecule has 0 unspecified atom stereocenters. The number of sulfonamides is 1. The molecule has 0 N–H and O–H groups in total. The standard InChI is InChI=1S/C19H22N2O2S/c1-14-8-9-18-16(12-14)17-13-20(2)11-10-19(17)21(18)24(22,23)15-6-4-3-5-7-15/h3-9,12,17,19H,10-11,13H2,1-2H3/t17-,19+/m1/s1. The van der Waals surface area contributed by atoms with Crippen LogP contribution in [0.5, 0.6) is 0 Å². The van der Waals surface area contributed by atoms with E-state index in [9.17, 15) is 8.42 Å². The minimum absolute atomic E-state index is 0.0169. The molecule has 0 amide bonds. The number of piperidine rings is 1. The Balaban J connectivity index is 1.87. The van der Waals surface area contributed by atoms with Gasteiger partial charge in [-0.3, -0.25) is 4.31 Å². The molecule has 0 radical (unpaired) electrons. The van der Waals surface area contributed by atoms with Crippen LogP contribution in [0.3, 0.4) is 0 Å². The molecule has 4 rings (SSSR count). The summed E-state index contributed by atoms with van der Waals surface area (Å²) >= 11 is 0. The van der Waals surface area contributed by atoms with Gasteiger partial charge in [-0.05, 0) is 50.7 Å². The van der Waals surface area contributed by atoms with Gasteiger partial charge in [0.2, 0.25) is 0 Å². The second-order valence-electron chi connectivity index (χ2n) is 6.90. The van der Waals surface area contributed by atoms with Gasteiger partial charge in [-0.1, -0.05) is 35.9 Å². The van der Waals surface area contributed by atoms with E-state index >= 15 is 0 Å². The summed E-state index contributed by atoms with van der Waals surface area (Å²) in [6.45, 7) is 3.90. The predicted molar refractivity (Wildman–Crippen MR) is 95.9 cm³/mol. The molecule has 2 aliphatic rings. The molecule has 2 aromatic rings. The minimum Gasteiger partial charge on any atom is -0.306 e. The number of fused-ring (bicyclic) bond motifs is 3. The first-order chi connectivity index (χ1) is 11.5. The van der Waals surface area contributed by atoms with Crippen molar-refractivity contribution in [2.24, 2.45) is 0 Å². The summed E-state index contributed by atoms with van der Waals surface area (Å²) in [5.74, 6) is 0.247. The molecule has 0 bridgehead atoms. The van der Waals surface area contributed by atoms with Crippen LogP contribution in [0, 0.1) is 6.92 Å². The van der Waals surface area contributed by atoms with E-state index in [4.69, 9.17) is 0 Å². The van der Waals surface area contributed by atoms with Gasteiger partial charge < -0.3 is 4.90 Å². The Morgan fingerprint density at radius 1 is 1.08 bits per heavy atom. The highest BCUT2D eigenvalue weighted by Gasteiger charge is 2.46. The van der Waals surface area contributed by atoms with E-state index in [2.05, 4.69) is 24.9 Å². The first kappa shape index (κ1) is 15.7. The predicted octanol–water partition coefficient (Wildman–Crippen LogP) is 2.99. The number of aryl methyl sites for hydroxylation is 1. The zero-order chi connectivity index (χ0) is 16.9. The average Bonchev–Trinajstić information content (AvgIpc) is 2.89. The first-order valence-corrected chi connectivity index (χ1v) is 9.81. The Bertz CT molecular complexity index is 864. The molecule has 0 spiro atoms. The summed E-state index contributed by atoms with van der Waals surface area (Å²) in [4.78, 5) is 2.67. The second kappa shape index (κ2) is 5.60. The van der Waals surface area contributed by atoms with Crippen LogP contribution in [0.15, 0.2) is 53.4 Å². The van der Waals surface area contributed by atoms with Crippen LogP contribution < -0.4 is 4.31 Å². The van der Waals surface area contributed by atoms with Gasteiger partial charge in [0.05, 0.1) is 16.6 Å². The summed E-state index contributed by atoms with van der Waals surface area (Å²) in [7, 11) is -1.43. The lowest BCUT2D eigenvalue weighted by molar-refractivity contribution is 0.237. The van der Waals surface area contributed by atoms with E-state index in [0.29, 0.717) is 4.90 Å². The number of rotatable bonds is 2. The molecular formula is C19H22N2O2S. The van der Waals surface area contributed by atoms with Crippen LogP contribution in [0.2, 0.25) is 0 Å². The van der Waals surface area contributed by atoms with Gasteiger partial charge in [-0.2, -0.15) is 0 Å². The summed E-state index contributed by atoms with van der Waals surface area (Å²) in [6.07, 6.45) is 0.862. The normalized spacial score (nSPS) is 23.8. The average molecular weight is 342 g/mol. The van der Waals surface area contributed by atoms with Crippen LogP contribution in [0.4, 0.5) is 5.69 Å².